The average molecular weight is 301 g/mol. The van der Waals surface area contributed by atoms with Crippen molar-refractivity contribution in [2.75, 3.05) is 13.1 Å². The van der Waals surface area contributed by atoms with Gasteiger partial charge < -0.3 is 10.6 Å². The molecule has 1 amide bonds. The number of hydrogen-bond acceptors (Lipinski definition) is 2. The monoisotopic (exact) mass is 300 g/mol. The molecule has 1 aliphatic rings. The van der Waals surface area contributed by atoms with Crippen LogP contribution >= 0.6 is 12.4 Å². The van der Waals surface area contributed by atoms with Crippen LogP contribution in [0.5, 0.6) is 0 Å². The van der Waals surface area contributed by atoms with Crippen LogP contribution in [0.25, 0.3) is 0 Å². The molecule has 1 heterocycles. The zero-order chi connectivity index (χ0) is 14.0. The first-order valence-electron chi connectivity index (χ1n) is 6.81. The van der Waals surface area contributed by atoms with Gasteiger partial charge in [-0.3, -0.25) is 4.79 Å². The molecule has 1 aliphatic heterocycles. The van der Waals surface area contributed by atoms with E-state index in [0.717, 1.165) is 19.4 Å². The molecule has 5 heteroatoms. The first kappa shape index (κ1) is 16.9. The SMILES string of the molecule is Cc1cc(F)ccc1C(=O)N1CCCC(C)C1CN.Cl. The number of carbonyl (C=O) groups excluding carboxylic acids is 1. The van der Waals surface area contributed by atoms with E-state index in [9.17, 15) is 9.18 Å². The highest BCUT2D eigenvalue weighted by Crippen LogP contribution is 2.25. The van der Waals surface area contributed by atoms with E-state index in [1.807, 2.05) is 4.90 Å². The van der Waals surface area contributed by atoms with Gasteiger partial charge in [-0.1, -0.05) is 6.92 Å². The van der Waals surface area contributed by atoms with Crippen LogP contribution in [0.1, 0.15) is 35.7 Å². The summed E-state index contributed by atoms with van der Waals surface area (Å²) in [5.41, 5.74) is 7.07. The molecular weight excluding hydrogens is 279 g/mol. The number of piperidine rings is 1. The smallest absolute Gasteiger partial charge is 0.254 e. The van der Waals surface area contributed by atoms with E-state index in [-0.39, 0.29) is 30.2 Å². The summed E-state index contributed by atoms with van der Waals surface area (Å²) in [5, 5.41) is 0. The van der Waals surface area contributed by atoms with Gasteiger partial charge in [0.25, 0.3) is 5.91 Å². The number of hydrogen-bond donors (Lipinski definition) is 1. The lowest BCUT2D eigenvalue weighted by Gasteiger charge is -2.39. The minimum Gasteiger partial charge on any atom is -0.334 e. The predicted molar refractivity (Wildman–Crippen MR) is 80.7 cm³/mol. The van der Waals surface area contributed by atoms with E-state index in [1.165, 1.54) is 12.1 Å². The fraction of sp³-hybridized carbons (Fsp3) is 0.533. The van der Waals surface area contributed by atoms with E-state index >= 15 is 0 Å². The van der Waals surface area contributed by atoms with Crippen LogP contribution in [-0.2, 0) is 0 Å². The van der Waals surface area contributed by atoms with Crippen LogP contribution in [-0.4, -0.2) is 29.9 Å². The molecule has 0 aromatic heterocycles. The van der Waals surface area contributed by atoms with Crippen molar-refractivity contribution in [3.8, 4) is 0 Å². The number of nitrogens with zero attached hydrogens (tertiary/aromatic N) is 1. The van der Waals surface area contributed by atoms with Gasteiger partial charge in [0.15, 0.2) is 0 Å². The number of benzene rings is 1. The van der Waals surface area contributed by atoms with Gasteiger partial charge in [0, 0.05) is 24.7 Å². The summed E-state index contributed by atoms with van der Waals surface area (Å²) in [6.45, 7) is 5.12. The molecule has 2 N–H and O–H groups in total. The van der Waals surface area contributed by atoms with Crippen LogP contribution in [0.4, 0.5) is 4.39 Å². The highest BCUT2D eigenvalue weighted by molar-refractivity contribution is 5.96. The van der Waals surface area contributed by atoms with Crippen LogP contribution in [0.3, 0.4) is 0 Å². The van der Waals surface area contributed by atoms with E-state index in [1.54, 1.807) is 13.0 Å². The van der Waals surface area contributed by atoms with Crippen molar-refractivity contribution in [1.29, 1.82) is 0 Å². The van der Waals surface area contributed by atoms with E-state index in [4.69, 9.17) is 5.73 Å². The molecule has 0 spiro atoms. The Hall–Kier alpha value is -1.13. The quantitative estimate of drug-likeness (QED) is 0.913. The van der Waals surface area contributed by atoms with Gasteiger partial charge in [0.05, 0.1) is 0 Å². The van der Waals surface area contributed by atoms with Crippen LogP contribution in [0.2, 0.25) is 0 Å². The third-order valence-corrected chi connectivity index (χ3v) is 4.04. The zero-order valence-electron chi connectivity index (χ0n) is 11.9. The predicted octanol–water partition coefficient (Wildman–Crippen LogP) is 2.76. The van der Waals surface area contributed by atoms with E-state index < -0.39 is 0 Å². The molecule has 0 aliphatic carbocycles. The Bertz CT molecular complexity index is 481. The van der Waals surface area contributed by atoms with Crippen molar-refractivity contribution in [2.24, 2.45) is 11.7 Å². The minimum absolute atomic E-state index is 0. The van der Waals surface area contributed by atoms with E-state index in [0.29, 0.717) is 23.6 Å². The summed E-state index contributed by atoms with van der Waals surface area (Å²) in [6, 6.07) is 4.40. The summed E-state index contributed by atoms with van der Waals surface area (Å²) in [7, 11) is 0. The molecule has 0 bridgehead atoms. The van der Waals surface area contributed by atoms with Gasteiger partial charge in [-0.15, -0.1) is 12.4 Å². The van der Waals surface area contributed by atoms with Gasteiger partial charge in [0.2, 0.25) is 0 Å². The number of amides is 1. The van der Waals surface area contributed by atoms with E-state index in [2.05, 4.69) is 6.92 Å². The van der Waals surface area contributed by atoms with Crippen molar-refractivity contribution < 1.29 is 9.18 Å². The molecule has 20 heavy (non-hydrogen) atoms. The Kier molecular flexibility index (Phi) is 5.96. The molecule has 2 atom stereocenters. The third kappa shape index (κ3) is 3.30. The molecule has 1 aromatic carbocycles. The van der Waals surface area contributed by atoms with Crippen molar-refractivity contribution in [3.63, 3.8) is 0 Å². The molecule has 3 nitrogen and oxygen atoms in total. The Balaban J connectivity index is 0.00000200. The highest BCUT2D eigenvalue weighted by atomic mass is 35.5. The first-order valence-corrected chi connectivity index (χ1v) is 6.81. The number of aryl methyl sites for hydroxylation is 1. The second-order valence-corrected chi connectivity index (χ2v) is 5.38. The highest BCUT2D eigenvalue weighted by Gasteiger charge is 2.31. The molecule has 2 rings (SSSR count). The van der Waals surface area contributed by atoms with Crippen LogP contribution in [0, 0.1) is 18.7 Å². The number of carbonyl (C=O) groups is 1. The second-order valence-electron chi connectivity index (χ2n) is 5.38. The summed E-state index contributed by atoms with van der Waals surface area (Å²) in [6.07, 6.45) is 2.11. The van der Waals surface area contributed by atoms with Gasteiger partial charge >= 0.3 is 0 Å². The standard InChI is InChI=1S/C15H21FN2O.ClH/c1-10-4-3-7-18(14(10)9-17)15(19)13-6-5-12(16)8-11(13)2;/h5-6,8,10,14H,3-4,7,9,17H2,1-2H3;1H. The second kappa shape index (κ2) is 7.04. The van der Waals surface area contributed by atoms with Crippen molar-refractivity contribution in [1.82, 2.24) is 4.90 Å². The Morgan fingerprint density at radius 3 is 2.80 bits per heavy atom. The summed E-state index contributed by atoms with van der Waals surface area (Å²) >= 11 is 0. The number of rotatable bonds is 2. The van der Waals surface area contributed by atoms with Crippen LogP contribution < -0.4 is 5.73 Å². The fourth-order valence-corrected chi connectivity index (χ4v) is 2.88. The lowest BCUT2D eigenvalue weighted by Crippen LogP contribution is -2.51. The number of likely N-dealkylation sites (tertiary alicyclic amines) is 1. The molecule has 1 fully saturated rings. The molecule has 112 valence electrons. The summed E-state index contributed by atoms with van der Waals surface area (Å²) < 4.78 is 13.1. The summed E-state index contributed by atoms with van der Waals surface area (Å²) in [5.74, 6) is 0.0828. The maximum Gasteiger partial charge on any atom is 0.254 e. The fourth-order valence-electron chi connectivity index (χ4n) is 2.88. The maximum absolute atomic E-state index is 13.1. The Morgan fingerprint density at radius 2 is 2.20 bits per heavy atom. The molecule has 1 aromatic rings. The largest absolute Gasteiger partial charge is 0.334 e. The molecule has 1 saturated heterocycles. The normalized spacial score (nSPS) is 22.3. The topological polar surface area (TPSA) is 46.3 Å². The van der Waals surface area contributed by atoms with Crippen molar-refractivity contribution in [3.05, 3.63) is 35.1 Å². The zero-order valence-corrected chi connectivity index (χ0v) is 12.8. The summed E-state index contributed by atoms with van der Waals surface area (Å²) in [4.78, 5) is 14.5. The number of halogens is 2. The van der Waals surface area contributed by atoms with Crippen molar-refractivity contribution in [2.45, 2.75) is 32.7 Å². The van der Waals surface area contributed by atoms with Gasteiger partial charge in [-0.2, -0.15) is 0 Å². The third-order valence-electron chi connectivity index (χ3n) is 4.04. The van der Waals surface area contributed by atoms with Gasteiger partial charge in [0.1, 0.15) is 5.82 Å². The lowest BCUT2D eigenvalue weighted by atomic mass is 9.90. The average Bonchev–Trinajstić information content (AvgIpc) is 2.37. The number of nitrogens with two attached hydrogens (primary N) is 1. The Morgan fingerprint density at radius 1 is 1.50 bits per heavy atom. The molecular formula is C15H22ClFN2O. The molecule has 2 unspecified atom stereocenters. The Labute approximate surface area is 125 Å². The minimum atomic E-state index is -0.309. The lowest BCUT2D eigenvalue weighted by molar-refractivity contribution is 0.0532. The first-order chi connectivity index (χ1) is 9.04. The van der Waals surface area contributed by atoms with Crippen molar-refractivity contribution >= 4 is 18.3 Å². The van der Waals surface area contributed by atoms with Crippen LogP contribution in [0.15, 0.2) is 18.2 Å². The maximum atomic E-state index is 13.1. The molecule has 0 radical (unpaired) electrons. The van der Waals surface area contributed by atoms with Gasteiger partial charge in [-0.25, -0.2) is 4.39 Å². The van der Waals surface area contributed by atoms with Gasteiger partial charge in [-0.05, 0) is 49.4 Å². The molecule has 0 saturated carbocycles.